The monoisotopic (exact) mass is 383 g/mol. The number of aryl methyl sites for hydroxylation is 1. The molecule has 2 aromatic heterocycles. The Hall–Kier alpha value is -2.18. The van der Waals surface area contributed by atoms with Crippen LogP contribution in [-0.2, 0) is 11.3 Å². The summed E-state index contributed by atoms with van der Waals surface area (Å²) < 4.78 is 13.3. The largest absolute Gasteiger partial charge is 0.497 e. The Morgan fingerprint density at radius 2 is 2.26 bits per heavy atom. The number of imidazole rings is 1. The molecule has 142 valence electrons. The van der Waals surface area contributed by atoms with E-state index in [0.29, 0.717) is 6.10 Å². The molecular weight excluding hydrogens is 358 g/mol. The zero-order valence-corrected chi connectivity index (χ0v) is 16.5. The molecule has 0 aliphatic carbocycles. The van der Waals surface area contributed by atoms with Gasteiger partial charge in [-0.25, -0.2) is 9.97 Å². The normalized spacial score (nSPS) is 16.7. The van der Waals surface area contributed by atoms with Crippen molar-refractivity contribution in [3.8, 4) is 27.0 Å². The first-order valence-corrected chi connectivity index (χ1v) is 10.4. The fourth-order valence-electron chi connectivity index (χ4n) is 3.51. The van der Waals surface area contributed by atoms with E-state index in [4.69, 9.17) is 9.47 Å². The molecule has 0 radical (unpaired) electrons. The van der Waals surface area contributed by atoms with Gasteiger partial charge in [0.1, 0.15) is 10.8 Å². The van der Waals surface area contributed by atoms with Gasteiger partial charge in [0, 0.05) is 37.3 Å². The molecule has 1 fully saturated rings. The van der Waals surface area contributed by atoms with E-state index in [9.17, 15) is 0 Å². The zero-order valence-electron chi connectivity index (χ0n) is 15.6. The minimum absolute atomic E-state index is 0.485. The SMILES string of the molecule is COc1cccc(-c2ncc(-c3nccn3CCCCC3CCCO3)s2)c1. The molecule has 0 bridgehead atoms. The molecule has 0 N–H and O–H groups in total. The lowest BCUT2D eigenvalue weighted by Gasteiger charge is -2.10. The summed E-state index contributed by atoms with van der Waals surface area (Å²) in [4.78, 5) is 10.3. The second-order valence-corrected chi connectivity index (χ2v) is 7.87. The van der Waals surface area contributed by atoms with Crippen molar-refractivity contribution in [3.63, 3.8) is 0 Å². The molecule has 1 unspecified atom stereocenters. The van der Waals surface area contributed by atoms with Gasteiger partial charge >= 0.3 is 0 Å². The predicted octanol–water partition coefficient (Wildman–Crippen LogP) is 5.03. The van der Waals surface area contributed by atoms with Crippen LogP contribution in [0.4, 0.5) is 0 Å². The Balaban J connectivity index is 1.40. The maximum atomic E-state index is 5.71. The Labute approximate surface area is 164 Å². The number of unbranched alkanes of at least 4 members (excludes halogenated alkanes) is 1. The molecule has 1 aromatic carbocycles. The van der Waals surface area contributed by atoms with Gasteiger partial charge in [0.15, 0.2) is 5.82 Å². The molecule has 1 saturated heterocycles. The molecule has 0 amide bonds. The number of methoxy groups -OCH3 is 1. The van der Waals surface area contributed by atoms with Crippen molar-refractivity contribution in [2.24, 2.45) is 0 Å². The Bertz CT molecular complexity index is 868. The topological polar surface area (TPSA) is 49.2 Å². The second kappa shape index (κ2) is 8.67. The lowest BCUT2D eigenvalue weighted by atomic mass is 10.1. The van der Waals surface area contributed by atoms with E-state index in [-0.39, 0.29) is 0 Å². The number of thiazole rings is 1. The number of hydrogen-bond acceptors (Lipinski definition) is 5. The molecule has 3 heterocycles. The van der Waals surface area contributed by atoms with Crippen molar-refractivity contribution in [1.82, 2.24) is 14.5 Å². The minimum Gasteiger partial charge on any atom is -0.497 e. The second-order valence-electron chi connectivity index (χ2n) is 6.84. The predicted molar refractivity (Wildman–Crippen MR) is 108 cm³/mol. The molecule has 4 rings (SSSR count). The molecule has 27 heavy (non-hydrogen) atoms. The molecule has 1 aliphatic rings. The standard InChI is InChI=1S/C21H25N3O2S/c1-25-18-8-4-6-16(14-18)21-23-15-19(27-21)20-22-10-12-24(20)11-3-2-7-17-9-5-13-26-17/h4,6,8,10,12,14-15,17H,2-3,5,7,9,11,13H2,1H3. The van der Waals surface area contributed by atoms with Crippen LogP contribution in [-0.4, -0.2) is 34.4 Å². The van der Waals surface area contributed by atoms with Gasteiger partial charge in [-0.1, -0.05) is 12.1 Å². The van der Waals surface area contributed by atoms with E-state index >= 15 is 0 Å². The van der Waals surface area contributed by atoms with E-state index in [1.165, 1.54) is 25.7 Å². The van der Waals surface area contributed by atoms with E-state index in [0.717, 1.165) is 46.6 Å². The lowest BCUT2D eigenvalue weighted by molar-refractivity contribution is 0.102. The van der Waals surface area contributed by atoms with E-state index < -0.39 is 0 Å². The van der Waals surface area contributed by atoms with Gasteiger partial charge < -0.3 is 14.0 Å². The molecule has 1 atom stereocenters. The summed E-state index contributed by atoms with van der Waals surface area (Å²) in [5, 5.41) is 0.983. The summed E-state index contributed by atoms with van der Waals surface area (Å²) in [7, 11) is 1.68. The van der Waals surface area contributed by atoms with Crippen molar-refractivity contribution in [1.29, 1.82) is 0 Å². The highest BCUT2D eigenvalue weighted by molar-refractivity contribution is 7.18. The Kier molecular flexibility index (Phi) is 5.84. The average molecular weight is 384 g/mol. The van der Waals surface area contributed by atoms with Crippen LogP contribution in [0.15, 0.2) is 42.9 Å². The summed E-state index contributed by atoms with van der Waals surface area (Å²) >= 11 is 1.67. The third-order valence-electron chi connectivity index (χ3n) is 4.96. The van der Waals surface area contributed by atoms with Crippen LogP contribution in [0.25, 0.3) is 21.3 Å². The lowest BCUT2D eigenvalue weighted by Crippen LogP contribution is -2.05. The zero-order chi connectivity index (χ0) is 18.5. The summed E-state index contributed by atoms with van der Waals surface area (Å²) in [6.07, 6.45) is 12.3. The van der Waals surface area contributed by atoms with Gasteiger partial charge in [-0.15, -0.1) is 11.3 Å². The van der Waals surface area contributed by atoms with Gasteiger partial charge in [-0.05, 0) is 44.2 Å². The number of benzene rings is 1. The maximum absolute atomic E-state index is 5.71. The van der Waals surface area contributed by atoms with Crippen LogP contribution < -0.4 is 4.74 Å². The van der Waals surface area contributed by atoms with Crippen LogP contribution in [0, 0.1) is 0 Å². The quantitative estimate of drug-likeness (QED) is 0.512. The highest BCUT2D eigenvalue weighted by Crippen LogP contribution is 2.32. The smallest absolute Gasteiger partial charge is 0.151 e. The summed E-state index contributed by atoms with van der Waals surface area (Å²) in [5.41, 5.74) is 1.07. The van der Waals surface area contributed by atoms with Crippen LogP contribution >= 0.6 is 11.3 Å². The van der Waals surface area contributed by atoms with Gasteiger partial charge in [0.05, 0.1) is 18.1 Å². The molecule has 1 aliphatic heterocycles. The third kappa shape index (κ3) is 4.39. The summed E-state index contributed by atoms with van der Waals surface area (Å²) in [6, 6.07) is 8.01. The first kappa shape index (κ1) is 18.2. The molecule has 5 nitrogen and oxygen atoms in total. The first-order valence-electron chi connectivity index (χ1n) is 9.57. The van der Waals surface area contributed by atoms with Crippen LogP contribution in [0.1, 0.15) is 32.1 Å². The third-order valence-corrected chi connectivity index (χ3v) is 6.00. The van der Waals surface area contributed by atoms with Crippen molar-refractivity contribution in [2.75, 3.05) is 13.7 Å². The van der Waals surface area contributed by atoms with Crippen molar-refractivity contribution >= 4 is 11.3 Å². The molecule has 6 heteroatoms. The highest BCUT2D eigenvalue weighted by Gasteiger charge is 2.15. The molecule has 0 spiro atoms. The van der Waals surface area contributed by atoms with Gasteiger partial charge in [-0.2, -0.15) is 0 Å². The van der Waals surface area contributed by atoms with Gasteiger partial charge in [0.2, 0.25) is 0 Å². The first-order chi connectivity index (χ1) is 13.3. The Morgan fingerprint density at radius 3 is 3.11 bits per heavy atom. The fraction of sp³-hybridized carbons (Fsp3) is 0.429. The number of ether oxygens (including phenoxy) is 2. The van der Waals surface area contributed by atoms with E-state index in [1.807, 2.05) is 30.6 Å². The molecule has 3 aromatic rings. The minimum atomic E-state index is 0.485. The van der Waals surface area contributed by atoms with Crippen LogP contribution in [0.2, 0.25) is 0 Å². The average Bonchev–Trinajstić information content (AvgIpc) is 3.46. The number of hydrogen-bond donors (Lipinski definition) is 0. The highest BCUT2D eigenvalue weighted by atomic mass is 32.1. The Morgan fingerprint density at radius 1 is 1.30 bits per heavy atom. The molecule has 0 saturated carbocycles. The summed E-state index contributed by atoms with van der Waals surface area (Å²) in [5.74, 6) is 1.84. The number of aromatic nitrogens is 3. The molecular formula is C21H25N3O2S. The van der Waals surface area contributed by atoms with Gasteiger partial charge in [0.25, 0.3) is 0 Å². The van der Waals surface area contributed by atoms with Crippen LogP contribution in [0.5, 0.6) is 5.75 Å². The van der Waals surface area contributed by atoms with Crippen molar-refractivity contribution in [2.45, 2.75) is 44.8 Å². The maximum Gasteiger partial charge on any atom is 0.151 e. The van der Waals surface area contributed by atoms with Gasteiger partial charge in [-0.3, -0.25) is 0 Å². The van der Waals surface area contributed by atoms with Crippen molar-refractivity contribution < 1.29 is 9.47 Å². The van der Waals surface area contributed by atoms with E-state index in [2.05, 4.69) is 26.8 Å². The fourth-order valence-corrected chi connectivity index (χ4v) is 4.43. The van der Waals surface area contributed by atoms with Crippen molar-refractivity contribution in [3.05, 3.63) is 42.9 Å². The van der Waals surface area contributed by atoms with E-state index in [1.54, 1.807) is 18.4 Å². The number of nitrogens with zero attached hydrogens (tertiary/aromatic N) is 3. The number of rotatable bonds is 8. The summed E-state index contributed by atoms with van der Waals surface area (Å²) in [6.45, 7) is 1.92. The van der Waals surface area contributed by atoms with Crippen LogP contribution in [0.3, 0.4) is 0 Å².